The van der Waals surface area contributed by atoms with E-state index in [0.717, 1.165) is 6.42 Å². The van der Waals surface area contributed by atoms with Gasteiger partial charge in [0.25, 0.3) is 0 Å². The van der Waals surface area contributed by atoms with E-state index in [1.54, 1.807) is 0 Å². The van der Waals surface area contributed by atoms with Crippen molar-refractivity contribution in [2.45, 2.75) is 44.3 Å². The SMILES string of the molecule is OC(COC1CCCc2ccccc21)C1CC1. The zero-order valence-corrected chi connectivity index (χ0v) is 10.1. The largest absolute Gasteiger partial charge is 0.390 e. The van der Waals surface area contributed by atoms with Gasteiger partial charge in [-0.25, -0.2) is 0 Å². The number of fused-ring (bicyclic) bond motifs is 1. The van der Waals surface area contributed by atoms with Crippen LogP contribution in [0.25, 0.3) is 0 Å². The second-order valence-electron chi connectivity index (χ2n) is 5.32. The Labute approximate surface area is 103 Å². The van der Waals surface area contributed by atoms with Crippen molar-refractivity contribution in [2.75, 3.05) is 6.61 Å². The van der Waals surface area contributed by atoms with Gasteiger partial charge in [0.1, 0.15) is 0 Å². The van der Waals surface area contributed by atoms with Crippen molar-refractivity contribution >= 4 is 0 Å². The fraction of sp³-hybridized carbons (Fsp3) is 0.600. The normalized spacial score (nSPS) is 25.4. The molecule has 0 spiro atoms. The summed E-state index contributed by atoms with van der Waals surface area (Å²) in [4.78, 5) is 0. The van der Waals surface area contributed by atoms with E-state index in [0.29, 0.717) is 12.5 Å². The summed E-state index contributed by atoms with van der Waals surface area (Å²) in [7, 11) is 0. The lowest BCUT2D eigenvalue weighted by Gasteiger charge is -2.26. The Balaban J connectivity index is 1.63. The number of ether oxygens (including phenoxy) is 1. The van der Waals surface area contributed by atoms with E-state index in [1.165, 1.54) is 36.8 Å². The van der Waals surface area contributed by atoms with Gasteiger partial charge in [-0.1, -0.05) is 24.3 Å². The summed E-state index contributed by atoms with van der Waals surface area (Å²) >= 11 is 0. The number of rotatable bonds is 4. The smallest absolute Gasteiger partial charge is 0.0829 e. The van der Waals surface area contributed by atoms with Crippen LogP contribution >= 0.6 is 0 Å². The highest BCUT2D eigenvalue weighted by Gasteiger charge is 2.31. The molecule has 0 heterocycles. The third-order valence-electron chi connectivity index (χ3n) is 3.95. The molecule has 1 saturated carbocycles. The van der Waals surface area contributed by atoms with Crippen LogP contribution in [0.2, 0.25) is 0 Å². The summed E-state index contributed by atoms with van der Waals surface area (Å²) < 4.78 is 5.92. The lowest BCUT2D eigenvalue weighted by atomic mass is 9.89. The molecule has 0 bridgehead atoms. The van der Waals surface area contributed by atoms with E-state index in [9.17, 15) is 5.11 Å². The Morgan fingerprint density at radius 1 is 1.24 bits per heavy atom. The van der Waals surface area contributed by atoms with Crippen LogP contribution in [0.5, 0.6) is 0 Å². The first-order chi connectivity index (χ1) is 8.34. The standard InChI is InChI=1S/C15H20O2/c16-14(12-8-9-12)10-17-15-7-3-5-11-4-1-2-6-13(11)15/h1-2,4,6,12,14-16H,3,5,7-10H2. The van der Waals surface area contributed by atoms with Crippen LogP contribution in [-0.4, -0.2) is 17.8 Å². The highest BCUT2D eigenvalue weighted by Crippen LogP contribution is 2.35. The second kappa shape index (κ2) is 4.79. The molecule has 0 saturated heterocycles. The molecular weight excluding hydrogens is 212 g/mol. The van der Waals surface area contributed by atoms with Gasteiger partial charge < -0.3 is 9.84 Å². The third-order valence-corrected chi connectivity index (χ3v) is 3.95. The number of hydrogen-bond acceptors (Lipinski definition) is 2. The zero-order valence-electron chi connectivity index (χ0n) is 10.1. The average molecular weight is 232 g/mol. The molecule has 2 heteroatoms. The Hall–Kier alpha value is -0.860. The highest BCUT2D eigenvalue weighted by molar-refractivity contribution is 5.31. The summed E-state index contributed by atoms with van der Waals surface area (Å²) in [6.45, 7) is 0.504. The lowest BCUT2D eigenvalue weighted by Crippen LogP contribution is -2.21. The molecule has 17 heavy (non-hydrogen) atoms. The Morgan fingerprint density at radius 2 is 2.06 bits per heavy atom. The summed E-state index contributed by atoms with van der Waals surface area (Å²) in [6.07, 6.45) is 5.76. The van der Waals surface area contributed by atoms with Gasteiger partial charge >= 0.3 is 0 Å². The number of benzene rings is 1. The van der Waals surface area contributed by atoms with Crippen LogP contribution in [0.15, 0.2) is 24.3 Å². The van der Waals surface area contributed by atoms with Gasteiger partial charge in [-0.15, -0.1) is 0 Å². The van der Waals surface area contributed by atoms with Crippen LogP contribution in [0.4, 0.5) is 0 Å². The third kappa shape index (κ3) is 2.53. The maximum atomic E-state index is 9.84. The van der Waals surface area contributed by atoms with Gasteiger partial charge in [-0.3, -0.25) is 0 Å². The Kier molecular flexibility index (Phi) is 3.17. The highest BCUT2D eigenvalue weighted by atomic mass is 16.5. The van der Waals surface area contributed by atoms with Crippen molar-refractivity contribution < 1.29 is 9.84 Å². The number of hydrogen-bond donors (Lipinski definition) is 1. The van der Waals surface area contributed by atoms with E-state index >= 15 is 0 Å². The molecule has 2 atom stereocenters. The van der Waals surface area contributed by atoms with Crippen LogP contribution in [0.1, 0.15) is 42.9 Å². The molecule has 2 nitrogen and oxygen atoms in total. The number of aliphatic hydroxyl groups excluding tert-OH is 1. The minimum atomic E-state index is -0.246. The van der Waals surface area contributed by atoms with E-state index < -0.39 is 0 Å². The van der Waals surface area contributed by atoms with Crippen molar-refractivity contribution in [1.29, 1.82) is 0 Å². The minimum Gasteiger partial charge on any atom is -0.390 e. The molecule has 0 aromatic heterocycles. The van der Waals surface area contributed by atoms with Crippen molar-refractivity contribution in [2.24, 2.45) is 5.92 Å². The van der Waals surface area contributed by atoms with Gasteiger partial charge in [0.05, 0.1) is 18.8 Å². The first-order valence-corrected chi connectivity index (χ1v) is 6.72. The quantitative estimate of drug-likeness (QED) is 0.865. The van der Waals surface area contributed by atoms with Gasteiger partial charge in [0.15, 0.2) is 0 Å². The second-order valence-corrected chi connectivity index (χ2v) is 5.32. The molecule has 0 aliphatic heterocycles. The molecule has 0 radical (unpaired) electrons. The Bertz CT molecular complexity index is 384. The molecular formula is C15H20O2. The predicted octanol–water partition coefficient (Wildman–Crippen LogP) is 2.85. The maximum Gasteiger partial charge on any atom is 0.0829 e. The minimum absolute atomic E-state index is 0.202. The number of aryl methyl sites for hydroxylation is 1. The molecule has 92 valence electrons. The molecule has 1 aromatic carbocycles. The van der Waals surface area contributed by atoms with E-state index in [1.807, 2.05) is 0 Å². The van der Waals surface area contributed by atoms with E-state index in [-0.39, 0.29) is 12.2 Å². The lowest BCUT2D eigenvalue weighted by molar-refractivity contribution is -0.0245. The molecule has 2 aliphatic carbocycles. The molecule has 1 aromatic rings. The van der Waals surface area contributed by atoms with Crippen LogP contribution < -0.4 is 0 Å². The van der Waals surface area contributed by atoms with Gasteiger partial charge in [-0.05, 0) is 49.1 Å². The Morgan fingerprint density at radius 3 is 2.88 bits per heavy atom. The van der Waals surface area contributed by atoms with Crippen molar-refractivity contribution in [3.05, 3.63) is 35.4 Å². The fourth-order valence-corrected chi connectivity index (χ4v) is 2.71. The van der Waals surface area contributed by atoms with Crippen molar-refractivity contribution in [3.63, 3.8) is 0 Å². The zero-order chi connectivity index (χ0) is 11.7. The molecule has 2 aliphatic rings. The molecule has 1 N–H and O–H groups in total. The number of aliphatic hydroxyl groups is 1. The van der Waals surface area contributed by atoms with Gasteiger partial charge in [0, 0.05) is 0 Å². The first kappa shape index (κ1) is 11.2. The van der Waals surface area contributed by atoms with Crippen molar-refractivity contribution in [3.8, 4) is 0 Å². The summed E-state index contributed by atoms with van der Waals surface area (Å²) in [5.74, 6) is 0.508. The topological polar surface area (TPSA) is 29.5 Å². The van der Waals surface area contributed by atoms with Crippen LogP contribution in [0, 0.1) is 5.92 Å². The maximum absolute atomic E-state index is 9.84. The monoisotopic (exact) mass is 232 g/mol. The van der Waals surface area contributed by atoms with E-state index in [2.05, 4.69) is 24.3 Å². The molecule has 0 amide bonds. The predicted molar refractivity (Wildman–Crippen MR) is 66.8 cm³/mol. The van der Waals surface area contributed by atoms with E-state index in [4.69, 9.17) is 4.74 Å². The van der Waals surface area contributed by atoms with Crippen LogP contribution in [0.3, 0.4) is 0 Å². The van der Waals surface area contributed by atoms with Crippen molar-refractivity contribution in [1.82, 2.24) is 0 Å². The molecule has 1 fully saturated rings. The summed E-state index contributed by atoms with van der Waals surface area (Å²) in [5.41, 5.74) is 2.76. The summed E-state index contributed by atoms with van der Waals surface area (Å²) in [5, 5.41) is 9.84. The van der Waals surface area contributed by atoms with Gasteiger partial charge in [-0.2, -0.15) is 0 Å². The first-order valence-electron chi connectivity index (χ1n) is 6.72. The van der Waals surface area contributed by atoms with Crippen LogP contribution in [-0.2, 0) is 11.2 Å². The average Bonchev–Trinajstić information content (AvgIpc) is 3.20. The molecule has 2 unspecified atom stereocenters. The summed E-state index contributed by atoms with van der Waals surface area (Å²) in [6, 6.07) is 8.54. The van der Waals surface area contributed by atoms with Gasteiger partial charge in [0.2, 0.25) is 0 Å². The fourth-order valence-electron chi connectivity index (χ4n) is 2.71. The molecule has 3 rings (SSSR count).